The van der Waals surface area contributed by atoms with Crippen LogP contribution in [0.4, 0.5) is 0 Å². The van der Waals surface area contributed by atoms with Gasteiger partial charge in [0, 0.05) is 23.4 Å². The molecule has 42 heavy (non-hydrogen) atoms. The number of hydrogen-bond acceptors (Lipinski definition) is 1. The summed E-state index contributed by atoms with van der Waals surface area (Å²) in [5.74, 6) is 0. The average molecular weight is 537 g/mol. The molecule has 198 valence electrons. The number of fused-ring (bicyclic) bond motifs is 10. The van der Waals surface area contributed by atoms with Gasteiger partial charge >= 0.3 is 0 Å². The van der Waals surface area contributed by atoms with Crippen molar-refractivity contribution in [1.82, 2.24) is 9.38 Å². The summed E-state index contributed by atoms with van der Waals surface area (Å²) >= 11 is 0. The van der Waals surface area contributed by atoms with Crippen molar-refractivity contribution in [2.45, 2.75) is 19.3 Å². The zero-order chi connectivity index (χ0) is 28.0. The Bertz CT molecular complexity index is 2340. The molecule has 1 aliphatic rings. The normalized spacial score (nSPS) is 13.7. The molecule has 0 saturated carbocycles. The summed E-state index contributed by atoms with van der Waals surface area (Å²) in [6.07, 6.45) is 4.13. The van der Waals surface area contributed by atoms with Gasteiger partial charge in [0.2, 0.25) is 0 Å². The summed E-state index contributed by atoms with van der Waals surface area (Å²) in [6, 6.07) is 44.5. The molecule has 0 saturated heterocycles. The third-order valence-electron chi connectivity index (χ3n) is 9.36. The molecule has 2 aromatic heterocycles. The van der Waals surface area contributed by atoms with Crippen LogP contribution in [-0.2, 0) is 5.41 Å². The van der Waals surface area contributed by atoms with E-state index in [1.807, 2.05) is 24.4 Å². The van der Waals surface area contributed by atoms with Crippen molar-refractivity contribution in [3.8, 4) is 33.5 Å². The second kappa shape index (κ2) is 8.41. The maximum absolute atomic E-state index is 4.79. The van der Waals surface area contributed by atoms with Gasteiger partial charge in [0.1, 0.15) is 5.65 Å². The van der Waals surface area contributed by atoms with Gasteiger partial charge in [-0.25, -0.2) is 4.98 Å². The highest BCUT2D eigenvalue weighted by molar-refractivity contribution is 6.18. The molecule has 2 nitrogen and oxygen atoms in total. The first kappa shape index (κ1) is 23.5. The lowest BCUT2D eigenvalue weighted by molar-refractivity contribution is 0.667. The molecule has 0 unspecified atom stereocenters. The first-order chi connectivity index (χ1) is 20.6. The van der Waals surface area contributed by atoms with Crippen molar-refractivity contribution in [2.24, 2.45) is 0 Å². The average Bonchev–Trinajstić information content (AvgIpc) is 3.57. The molecule has 9 rings (SSSR count). The Labute approximate surface area is 244 Å². The molecule has 0 aliphatic heterocycles. The van der Waals surface area contributed by atoms with E-state index in [4.69, 9.17) is 4.98 Å². The number of hydrogen-bond donors (Lipinski definition) is 0. The molecular formula is C40H28N2. The first-order valence-corrected chi connectivity index (χ1v) is 14.6. The van der Waals surface area contributed by atoms with Crippen LogP contribution in [0.5, 0.6) is 0 Å². The lowest BCUT2D eigenvalue weighted by atomic mass is 9.79. The van der Waals surface area contributed by atoms with Gasteiger partial charge in [-0.05, 0) is 96.0 Å². The minimum Gasteiger partial charge on any atom is -0.306 e. The molecular weight excluding hydrogens is 508 g/mol. The SMILES string of the molecule is CC1(C)c2cc3cc(-c4ccc(-c5cn6ccccc6n5)cc4)ccc3cc2-c2c1c1ccccc1c1ccccc21. The molecule has 0 radical (unpaired) electrons. The van der Waals surface area contributed by atoms with Gasteiger partial charge in [-0.1, -0.05) is 105 Å². The van der Waals surface area contributed by atoms with Gasteiger partial charge < -0.3 is 4.40 Å². The maximum Gasteiger partial charge on any atom is 0.137 e. The third-order valence-corrected chi connectivity index (χ3v) is 9.36. The molecule has 6 aromatic carbocycles. The molecule has 1 aliphatic carbocycles. The summed E-state index contributed by atoms with van der Waals surface area (Å²) in [5.41, 5.74) is 11.0. The van der Waals surface area contributed by atoms with Gasteiger partial charge in [-0.3, -0.25) is 0 Å². The highest BCUT2D eigenvalue weighted by Gasteiger charge is 2.38. The summed E-state index contributed by atoms with van der Waals surface area (Å²) in [7, 11) is 0. The van der Waals surface area contributed by atoms with E-state index < -0.39 is 0 Å². The van der Waals surface area contributed by atoms with Crippen LogP contribution in [0, 0.1) is 0 Å². The summed E-state index contributed by atoms with van der Waals surface area (Å²) < 4.78 is 2.07. The van der Waals surface area contributed by atoms with Crippen molar-refractivity contribution in [1.29, 1.82) is 0 Å². The highest BCUT2D eigenvalue weighted by atomic mass is 15.0. The van der Waals surface area contributed by atoms with Gasteiger partial charge in [0.15, 0.2) is 0 Å². The van der Waals surface area contributed by atoms with Crippen molar-refractivity contribution in [3.63, 3.8) is 0 Å². The quantitative estimate of drug-likeness (QED) is 0.201. The molecule has 2 heteroatoms. The first-order valence-electron chi connectivity index (χ1n) is 14.6. The van der Waals surface area contributed by atoms with E-state index in [9.17, 15) is 0 Å². The predicted molar refractivity (Wildman–Crippen MR) is 176 cm³/mol. The fraction of sp³-hybridized carbons (Fsp3) is 0.0750. The summed E-state index contributed by atoms with van der Waals surface area (Å²) in [6.45, 7) is 4.79. The van der Waals surface area contributed by atoms with E-state index in [-0.39, 0.29) is 5.41 Å². The lowest BCUT2D eigenvalue weighted by Crippen LogP contribution is -2.15. The van der Waals surface area contributed by atoms with Gasteiger partial charge in [-0.15, -0.1) is 0 Å². The van der Waals surface area contributed by atoms with E-state index in [0.29, 0.717) is 0 Å². The monoisotopic (exact) mass is 536 g/mol. The Hall–Kier alpha value is -5.21. The smallest absolute Gasteiger partial charge is 0.137 e. The number of imidazole rings is 1. The fourth-order valence-electron chi connectivity index (χ4n) is 7.31. The Morgan fingerprint density at radius 1 is 0.571 bits per heavy atom. The van der Waals surface area contributed by atoms with Crippen LogP contribution in [-0.4, -0.2) is 9.38 Å². The number of nitrogens with zero attached hydrogens (tertiary/aromatic N) is 2. The molecule has 0 fully saturated rings. The summed E-state index contributed by atoms with van der Waals surface area (Å²) in [5, 5.41) is 7.94. The third kappa shape index (κ3) is 3.24. The van der Waals surface area contributed by atoms with Gasteiger partial charge in [-0.2, -0.15) is 0 Å². The van der Waals surface area contributed by atoms with Crippen LogP contribution in [0.2, 0.25) is 0 Å². The second-order valence-electron chi connectivity index (χ2n) is 12.1. The van der Waals surface area contributed by atoms with Crippen LogP contribution in [0.1, 0.15) is 25.0 Å². The Kier molecular flexibility index (Phi) is 4.70. The Balaban J connectivity index is 1.18. The number of benzene rings is 6. The minimum absolute atomic E-state index is 0.103. The highest BCUT2D eigenvalue weighted by Crippen LogP contribution is 2.55. The zero-order valence-corrected chi connectivity index (χ0v) is 23.6. The minimum atomic E-state index is -0.103. The number of rotatable bonds is 2. The zero-order valence-electron chi connectivity index (χ0n) is 23.6. The van der Waals surface area contributed by atoms with Crippen molar-refractivity contribution in [3.05, 3.63) is 145 Å². The van der Waals surface area contributed by atoms with Gasteiger partial charge in [0.05, 0.1) is 5.69 Å². The van der Waals surface area contributed by atoms with Crippen molar-refractivity contribution < 1.29 is 0 Å². The maximum atomic E-state index is 4.79. The second-order valence-corrected chi connectivity index (χ2v) is 12.1. The molecule has 8 aromatic rings. The molecule has 0 N–H and O–H groups in total. The Morgan fingerprint density at radius 3 is 2.02 bits per heavy atom. The molecule has 0 atom stereocenters. The van der Waals surface area contributed by atoms with Crippen molar-refractivity contribution >= 4 is 38.0 Å². The van der Waals surface area contributed by atoms with E-state index in [1.165, 1.54) is 65.7 Å². The standard InChI is InChI=1S/C40H28N2/c1-40(2)35-23-29-21-27(25-14-16-26(17-15-25)36-24-42-20-8-7-13-37(42)41-36)18-19-28(29)22-34(35)38-32-11-5-3-9-30(32)31-10-4-6-12-33(31)39(38)40/h3-24H,1-2H3. The van der Waals surface area contributed by atoms with Crippen LogP contribution in [0.15, 0.2) is 134 Å². The predicted octanol–water partition coefficient (Wildman–Crippen LogP) is 10.4. The molecule has 0 spiro atoms. The van der Waals surface area contributed by atoms with E-state index in [0.717, 1.165) is 16.9 Å². The van der Waals surface area contributed by atoms with E-state index in [1.54, 1.807) is 0 Å². The molecule has 0 bridgehead atoms. The Morgan fingerprint density at radius 2 is 1.24 bits per heavy atom. The van der Waals surface area contributed by atoms with Gasteiger partial charge in [0.25, 0.3) is 0 Å². The topological polar surface area (TPSA) is 17.3 Å². The fourth-order valence-corrected chi connectivity index (χ4v) is 7.31. The van der Waals surface area contributed by atoms with Crippen LogP contribution >= 0.6 is 0 Å². The largest absolute Gasteiger partial charge is 0.306 e. The van der Waals surface area contributed by atoms with Crippen LogP contribution < -0.4 is 0 Å². The number of pyridine rings is 1. The number of aromatic nitrogens is 2. The van der Waals surface area contributed by atoms with Crippen LogP contribution in [0.25, 0.3) is 71.5 Å². The van der Waals surface area contributed by atoms with Crippen LogP contribution in [0.3, 0.4) is 0 Å². The molecule has 2 heterocycles. The van der Waals surface area contributed by atoms with E-state index >= 15 is 0 Å². The van der Waals surface area contributed by atoms with Crippen molar-refractivity contribution in [2.75, 3.05) is 0 Å². The lowest BCUT2D eigenvalue weighted by Gasteiger charge is -2.24. The molecule has 0 amide bonds. The van der Waals surface area contributed by atoms with E-state index in [2.05, 4.69) is 128 Å². The summed E-state index contributed by atoms with van der Waals surface area (Å²) in [4.78, 5) is 4.79.